The van der Waals surface area contributed by atoms with Crippen molar-refractivity contribution in [3.8, 4) is 0 Å². The molecule has 100 valence electrons. The maximum Gasteiger partial charge on any atom is 0.418 e. The number of alkyl halides is 3. The van der Waals surface area contributed by atoms with Gasteiger partial charge < -0.3 is 10.6 Å². The summed E-state index contributed by atoms with van der Waals surface area (Å²) in [7, 11) is 0. The Morgan fingerprint density at radius 1 is 1.22 bits per heavy atom. The summed E-state index contributed by atoms with van der Waals surface area (Å²) in [6.45, 7) is 3.48. The summed E-state index contributed by atoms with van der Waals surface area (Å²) in [6.07, 6.45) is -2.49. The van der Waals surface area contributed by atoms with Crippen LogP contribution in [0, 0.1) is 5.92 Å². The van der Waals surface area contributed by atoms with E-state index in [0.717, 1.165) is 18.9 Å². The number of anilines is 2. The maximum atomic E-state index is 13.0. The van der Waals surface area contributed by atoms with Crippen LogP contribution in [-0.4, -0.2) is 13.1 Å². The van der Waals surface area contributed by atoms with Gasteiger partial charge in [-0.1, -0.05) is 6.92 Å². The van der Waals surface area contributed by atoms with Crippen LogP contribution in [0.2, 0.25) is 0 Å². The van der Waals surface area contributed by atoms with E-state index in [4.69, 9.17) is 5.73 Å². The summed E-state index contributed by atoms with van der Waals surface area (Å²) in [4.78, 5) is 1.81. The standard InChI is InChI=1S/C13H17F3N2/c1-9-4-6-18(7-5-9)12-3-2-10(17)8-11(12)13(14,15)16/h2-3,8-9H,4-7,17H2,1H3. The van der Waals surface area contributed by atoms with Crippen LogP contribution in [0.5, 0.6) is 0 Å². The number of nitrogens with two attached hydrogens (primary N) is 1. The third-order valence-corrected chi connectivity index (χ3v) is 3.45. The molecule has 0 saturated carbocycles. The molecule has 0 atom stereocenters. The summed E-state index contributed by atoms with van der Waals surface area (Å²) in [6, 6.07) is 4.03. The van der Waals surface area contributed by atoms with Crippen molar-refractivity contribution >= 4 is 11.4 Å². The molecule has 0 bridgehead atoms. The van der Waals surface area contributed by atoms with Crippen LogP contribution in [0.3, 0.4) is 0 Å². The van der Waals surface area contributed by atoms with Crippen molar-refractivity contribution in [1.82, 2.24) is 0 Å². The fourth-order valence-corrected chi connectivity index (χ4v) is 2.31. The van der Waals surface area contributed by atoms with Gasteiger partial charge in [0, 0.05) is 24.5 Å². The van der Waals surface area contributed by atoms with Crippen LogP contribution >= 0.6 is 0 Å². The summed E-state index contributed by atoms with van der Waals surface area (Å²) in [5.41, 5.74) is 5.23. The van der Waals surface area contributed by atoms with Crippen molar-refractivity contribution in [2.75, 3.05) is 23.7 Å². The first-order chi connectivity index (χ1) is 8.38. The van der Waals surface area contributed by atoms with Crippen LogP contribution in [0.15, 0.2) is 18.2 Å². The second-order valence-corrected chi connectivity index (χ2v) is 4.94. The monoisotopic (exact) mass is 258 g/mol. The summed E-state index contributed by atoms with van der Waals surface area (Å²) in [5.74, 6) is 0.587. The van der Waals surface area contributed by atoms with Gasteiger partial charge in [0.1, 0.15) is 0 Å². The SMILES string of the molecule is CC1CCN(c2ccc(N)cc2C(F)(F)F)CC1. The molecule has 18 heavy (non-hydrogen) atoms. The van der Waals surface area contributed by atoms with Crippen LogP contribution in [0.1, 0.15) is 25.3 Å². The number of halogens is 3. The first kappa shape index (κ1) is 13.1. The third-order valence-electron chi connectivity index (χ3n) is 3.45. The zero-order chi connectivity index (χ0) is 13.3. The van der Waals surface area contributed by atoms with Gasteiger partial charge in [-0.15, -0.1) is 0 Å². The van der Waals surface area contributed by atoms with Gasteiger partial charge in [0.2, 0.25) is 0 Å². The van der Waals surface area contributed by atoms with Gasteiger partial charge in [-0.2, -0.15) is 13.2 Å². The molecule has 0 aromatic heterocycles. The van der Waals surface area contributed by atoms with Crippen LogP contribution in [0.25, 0.3) is 0 Å². The highest BCUT2D eigenvalue weighted by Crippen LogP contribution is 2.38. The topological polar surface area (TPSA) is 29.3 Å². The Balaban J connectivity index is 2.32. The van der Waals surface area contributed by atoms with Crippen molar-refractivity contribution in [3.63, 3.8) is 0 Å². The molecule has 2 rings (SSSR count). The van der Waals surface area contributed by atoms with Gasteiger partial charge in [-0.25, -0.2) is 0 Å². The average Bonchev–Trinajstić information content (AvgIpc) is 2.29. The van der Waals surface area contributed by atoms with E-state index in [1.807, 2.05) is 4.90 Å². The van der Waals surface area contributed by atoms with E-state index in [1.165, 1.54) is 12.1 Å². The van der Waals surface area contributed by atoms with Crippen molar-refractivity contribution in [2.45, 2.75) is 25.9 Å². The van der Waals surface area contributed by atoms with Gasteiger partial charge in [-0.05, 0) is 37.0 Å². The molecule has 5 heteroatoms. The number of hydrogen-bond acceptors (Lipinski definition) is 2. The van der Waals surface area contributed by atoms with E-state index in [1.54, 1.807) is 0 Å². The highest BCUT2D eigenvalue weighted by atomic mass is 19.4. The quantitative estimate of drug-likeness (QED) is 0.781. The lowest BCUT2D eigenvalue weighted by Gasteiger charge is -2.33. The molecule has 0 unspecified atom stereocenters. The van der Waals surface area contributed by atoms with Crippen LogP contribution < -0.4 is 10.6 Å². The largest absolute Gasteiger partial charge is 0.418 e. The summed E-state index contributed by atoms with van der Waals surface area (Å²) >= 11 is 0. The fourth-order valence-electron chi connectivity index (χ4n) is 2.31. The van der Waals surface area contributed by atoms with Crippen molar-refractivity contribution < 1.29 is 13.2 Å². The molecule has 1 aromatic rings. The van der Waals surface area contributed by atoms with Crippen molar-refractivity contribution in [1.29, 1.82) is 0 Å². The first-order valence-electron chi connectivity index (χ1n) is 6.09. The minimum Gasteiger partial charge on any atom is -0.399 e. The third kappa shape index (κ3) is 2.71. The molecule has 1 fully saturated rings. The molecule has 2 N–H and O–H groups in total. The molecule has 2 nitrogen and oxygen atoms in total. The summed E-state index contributed by atoms with van der Waals surface area (Å²) < 4.78 is 38.9. The minimum atomic E-state index is -4.35. The molecule has 0 spiro atoms. The van der Waals surface area contributed by atoms with Gasteiger partial charge in [0.25, 0.3) is 0 Å². The fraction of sp³-hybridized carbons (Fsp3) is 0.538. The predicted molar refractivity (Wildman–Crippen MR) is 66.5 cm³/mol. The van der Waals surface area contributed by atoms with E-state index in [9.17, 15) is 13.2 Å². The number of piperidine rings is 1. The van der Waals surface area contributed by atoms with Crippen LogP contribution in [-0.2, 0) is 6.18 Å². The maximum absolute atomic E-state index is 13.0. The number of nitrogen functional groups attached to an aromatic ring is 1. The lowest BCUT2D eigenvalue weighted by molar-refractivity contribution is -0.137. The molecule has 1 aromatic carbocycles. The number of benzene rings is 1. The van der Waals surface area contributed by atoms with Gasteiger partial charge in [-0.3, -0.25) is 0 Å². The molecule has 1 saturated heterocycles. The molecular formula is C13H17F3N2. The van der Waals surface area contributed by atoms with E-state index >= 15 is 0 Å². The average molecular weight is 258 g/mol. The second-order valence-electron chi connectivity index (χ2n) is 4.94. The zero-order valence-corrected chi connectivity index (χ0v) is 10.3. The lowest BCUT2D eigenvalue weighted by Crippen LogP contribution is -2.34. The molecule has 0 aliphatic carbocycles. The lowest BCUT2D eigenvalue weighted by atomic mass is 9.98. The minimum absolute atomic E-state index is 0.149. The van der Waals surface area contributed by atoms with E-state index in [-0.39, 0.29) is 11.4 Å². The molecule has 0 amide bonds. The van der Waals surface area contributed by atoms with E-state index in [0.29, 0.717) is 19.0 Å². The molecule has 0 radical (unpaired) electrons. The number of rotatable bonds is 1. The molecule has 1 aliphatic rings. The molecular weight excluding hydrogens is 241 g/mol. The van der Waals surface area contributed by atoms with Crippen LogP contribution in [0.4, 0.5) is 24.5 Å². The highest BCUT2D eigenvalue weighted by Gasteiger charge is 2.35. The Morgan fingerprint density at radius 2 is 1.83 bits per heavy atom. The van der Waals surface area contributed by atoms with Gasteiger partial charge in [0.15, 0.2) is 0 Å². The van der Waals surface area contributed by atoms with Crippen molar-refractivity contribution in [3.05, 3.63) is 23.8 Å². The molecule has 1 aliphatic heterocycles. The predicted octanol–water partition coefficient (Wildman–Crippen LogP) is 3.52. The zero-order valence-electron chi connectivity index (χ0n) is 10.3. The smallest absolute Gasteiger partial charge is 0.399 e. The van der Waals surface area contributed by atoms with Crippen molar-refractivity contribution in [2.24, 2.45) is 5.92 Å². The Bertz CT molecular complexity index is 421. The second kappa shape index (κ2) is 4.71. The Kier molecular flexibility index (Phi) is 3.41. The highest BCUT2D eigenvalue weighted by molar-refractivity contribution is 5.61. The van der Waals surface area contributed by atoms with E-state index in [2.05, 4.69) is 6.92 Å². The van der Waals surface area contributed by atoms with E-state index < -0.39 is 11.7 Å². The Labute approximate surface area is 105 Å². The van der Waals surface area contributed by atoms with Gasteiger partial charge in [0.05, 0.1) is 5.56 Å². The number of hydrogen-bond donors (Lipinski definition) is 1. The first-order valence-corrected chi connectivity index (χ1v) is 6.09. The Morgan fingerprint density at radius 3 is 2.39 bits per heavy atom. The molecule has 1 heterocycles. The Hall–Kier alpha value is -1.39. The number of nitrogens with zero attached hydrogens (tertiary/aromatic N) is 1. The normalized spacial score (nSPS) is 18.1. The van der Waals surface area contributed by atoms with Gasteiger partial charge >= 0.3 is 6.18 Å². The summed E-state index contributed by atoms with van der Waals surface area (Å²) in [5, 5.41) is 0.